The molecule has 1 N–H and O–H groups in total. The molecule has 1 aliphatic rings. The van der Waals surface area contributed by atoms with Gasteiger partial charge < -0.3 is 19.5 Å². The molecule has 2 atom stereocenters. The first-order valence-electron chi connectivity index (χ1n) is 7.75. The van der Waals surface area contributed by atoms with Crippen LogP contribution >= 0.6 is 0 Å². The summed E-state index contributed by atoms with van der Waals surface area (Å²) in [4.78, 5) is 25.0. The van der Waals surface area contributed by atoms with Crippen molar-refractivity contribution in [2.45, 2.75) is 31.8 Å². The minimum atomic E-state index is -0.910. The lowest BCUT2D eigenvalue weighted by Crippen LogP contribution is -2.46. The summed E-state index contributed by atoms with van der Waals surface area (Å²) in [5.74, 6) is -0.0910. The molecule has 1 aromatic rings. The topological polar surface area (TPSA) is 76.1 Å². The van der Waals surface area contributed by atoms with Crippen LogP contribution in [0.5, 0.6) is 5.75 Å². The number of carboxylic acid groups (broad SMARTS) is 1. The van der Waals surface area contributed by atoms with Crippen LogP contribution in [-0.2, 0) is 14.3 Å². The molecule has 0 aromatic heterocycles. The molecule has 1 heterocycles. The molecule has 0 radical (unpaired) electrons. The summed E-state index contributed by atoms with van der Waals surface area (Å²) in [6.07, 6.45) is -0.141. The quantitative estimate of drug-likeness (QED) is 0.866. The molecule has 126 valence electrons. The van der Waals surface area contributed by atoms with Crippen molar-refractivity contribution in [1.29, 1.82) is 0 Å². The Bertz CT molecular complexity index is 560. The smallest absolute Gasteiger partial charge is 0.306 e. The van der Waals surface area contributed by atoms with Gasteiger partial charge >= 0.3 is 5.97 Å². The van der Waals surface area contributed by atoms with E-state index < -0.39 is 12.1 Å². The molecule has 6 nitrogen and oxygen atoms in total. The first-order chi connectivity index (χ1) is 11.0. The number of carbonyl (C=O) groups excluding carboxylic acids is 1. The van der Waals surface area contributed by atoms with Crippen LogP contribution in [0.3, 0.4) is 0 Å². The van der Waals surface area contributed by atoms with Crippen molar-refractivity contribution in [3.63, 3.8) is 0 Å². The van der Waals surface area contributed by atoms with Gasteiger partial charge in [0.15, 0.2) is 0 Å². The highest BCUT2D eigenvalue weighted by Gasteiger charge is 2.27. The molecular weight excluding hydrogens is 298 g/mol. The molecular formula is C17H23NO5. The predicted molar refractivity (Wildman–Crippen MR) is 84.6 cm³/mol. The summed E-state index contributed by atoms with van der Waals surface area (Å²) in [7, 11) is 1.62. The number of para-hydroxylation sites is 1. The lowest BCUT2D eigenvalue weighted by Gasteiger charge is -2.33. The van der Waals surface area contributed by atoms with E-state index in [1.807, 2.05) is 31.2 Å². The van der Waals surface area contributed by atoms with Crippen molar-refractivity contribution in [2.24, 2.45) is 0 Å². The van der Waals surface area contributed by atoms with E-state index in [4.69, 9.17) is 14.6 Å². The predicted octanol–water partition coefficient (Wildman–Crippen LogP) is 1.89. The summed E-state index contributed by atoms with van der Waals surface area (Å²) in [5.41, 5.74) is 0.999. The highest BCUT2D eigenvalue weighted by Crippen LogP contribution is 2.29. The van der Waals surface area contributed by atoms with E-state index in [1.165, 1.54) is 0 Å². The van der Waals surface area contributed by atoms with Crippen LogP contribution in [-0.4, -0.2) is 54.8 Å². The standard InChI is InChI=1S/C17H23NO5/c1-12(14-5-3-4-6-15(14)22-2)9-16(19)18-7-8-23-13(11-18)10-17(20)21/h3-6,12-13H,7-11H2,1-2H3,(H,20,21)/t12-,13+/m0/s1. The number of carbonyl (C=O) groups is 2. The maximum atomic E-state index is 12.5. The molecule has 1 amide bonds. The molecule has 1 fully saturated rings. The molecule has 1 saturated heterocycles. The maximum absolute atomic E-state index is 12.5. The Balaban J connectivity index is 1.96. The average Bonchev–Trinajstić information content (AvgIpc) is 2.54. The zero-order valence-corrected chi connectivity index (χ0v) is 13.5. The highest BCUT2D eigenvalue weighted by molar-refractivity contribution is 5.77. The van der Waals surface area contributed by atoms with Crippen molar-refractivity contribution in [3.05, 3.63) is 29.8 Å². The van der Waals surface area contributed by atoms with Gasteiger partial charge in [-0.15, -0.1) is 0 Å². The second kappa shape index (κ2) is 7.97. The minimum absolute atomic E-state index is 0.0158. The fraction of sp³-hybridized carbons (Fsp3) is 0.529. The van der Waals surface area contributed by atoms with Crippen molar-refractivity contribution >= 4 is 11.9 Å². The normalized spacial score (nSPS) is 19.2. The number of hydrogen-bond acceptors (Lipinski definition) is 4. The molecule has 1 aliphatic heterocycles. The Morgan fingerprint density at radius 2 is 2.17 bits per heavy atom. The van der Waals surface area contributed by atoms with E-state index in [-0.39, 0.29) is 18.2 Å². The fourth-order valence-electron chi connectivity index (χ4n) is 2.84. The molecule has 0 saturated carbocycles. The number of nitrogens with zero attached hydrogens (tertiary/aromatic N) is 1. The van der Waals surface area contributed by atoms with Crippen LogP contribution in [0.2, 0.25) is 0 Å². The number of aliphatic carboxylic acids is 1. The van der Waals surface area contributed by atoms with E-state index in [1.54, 1.807) is 12.0 Å². The van der Waals surface area contributed by atoms with Gasteiger partial charge in [0.1, 0.15) is 5.75 Å². The summed E-state index contributed by atoms with van der Waals surface area (Å²) in [5, 5.41) is 8.85. The second-order valence-corrected chi connectivity index (χ2v) is 5.78. The van der Waals surface area contributed by atoms with E-state index in [9.17, 15) is 9.59 Å². The Morgan fingerprint density at radius 3 is 2.87 bits per heavy atom. The third-order valence-corrected chi connectivity index (χ3v) is 4.04. The molecule has 0 unspecified atom stereocenters. The van der Waals surface area contributed by atoms with Crippen molar-refractivity contribution in [1.82, 2.24) is 4.90 Å². The van der Waals surface area contributed by atoms with Crippen LogP contribution in [0, 0.1) is 0 Å². The average molecular weight is 321 g/mol. The number of methoxy groups -OCH3 is 1. The van der Waals surface area contributed by atoms with Crippen molar-refractivity contribution in [2.75, 3.05) is 26.8 Å². The first kappa shape index (κ1) is 17.3. The van der Waals surface area contributed by atoms with Crippen molar-refractivity contribution < 1.29 is 24.2 Å². The Morgan fingerprint density at radius 1 is 1.43 bits per heavy atom. The van der Waals surface area contributed by atoms with E-state index in [0.717, 1.165) is 11.3 Å². The molecule has 6 heteroatoms. The number of hydrogen-bond donors (Lipinski definition) is 1. The van der Waals surface area contributed by atoms with Gasteiger partial charge in [-0.2, -0.15) is 0 Å². The molecule has 2 rings (SSSR count). The number of amides is 1. The van der Waals surface area contributed by atoms with Gasteiger partial charge in [-0.05, 0) is 17.5 Å². The number of carboxylic acids is 1. The van der Waals surface area contributed by atoms with Crippen LogP contribution in [0.1, 0.15) is 31.2 Å². The van der Waals surface area contributed by atoms with Gasteiger partial charge in [0.2, 0.25) is 5.91 Å². The second-order valence-electron chi connectivity index (χ2n) is 5.78. The number of rotatable bonds is 6. The summed E-state index contributed by atoms with van der Waals surface area (Å²) < 4.78 is 10.7. The molecule has 0 spiro atoms. The zero-order valence-electron chi connectivity index (χ0n) is 13.5. The van der Waals surface area contributed by atoms with Gasteiger partial charge in [0, 0.05) is 19.5 Å². The molecule has 1 aromatic carbocycles. The number of morpholine rings is 1. The van der Waals surface area contributed by atoms with E-state index >= 15 is 0 Å². The lowest BCUT2D eigenvalue weighted by molar-refractivity contribution is -0.147. The fourth-order valence-corrected chi connectivity index (χ4v) is 2.84. The van der Waals surface area contributed by atoms with E-state index in [0.29, 0.717) is 26.1 Å². The monoisotopic (exact) mass is 321 g/mol. The van der Waals surface area contributed by atoms with Crippen LogP contribution in [0.25, 0.3) is 0 Å². The Kier molecular flexibility index (Phi) is 5.98. The third-order valence-electron chi connectivity index (χ3n) is 4.04. The maximum Gasteiger partial charge on any atom is 0.306 e. The van der Waals surface area contributed by atoms with Crippen molar-refractivity contribution in [3.8, 4) is 5.75 Å². The zero-order chi connectivity index (χ0) is 16.8. The van der Waals surface area contributed by atoms with Gasteiger partial charge in [-0.1, -0.05) is 25.1 Å². The van der Waals surface area contributed by atoms with Crippen LogP contribution in [0.15, 0.2) is 24.3 Å². The minimum Gasteiger partial charge on any atom is -0.496 e. The molecule has 23 heavy (non-hydrogen) atoms. The third kappa shape index (κ3) is 4.69. The SMILES string of the molecule is COc1ccccc1[C@@H](C)CC(=O)N1CCO[C@H](CC(=O)O)C1. The van der Waals surface area contributed by atoms with Crippen LogP contribution < -0.4 is 4.74 Å². The van der Waals surface area contributed by atoms with Gasteiger partial charge in [0.25, 0.3) is 0 Å². The Hall–Kier alpha value is -2.08. The largest absolute Gasteiger partial charge is 0.496 e. The van der Waals surface area contributed by atoms with Crippen LogP contribution in [0.4, 0.5) is 0 Å². The van der Waals surface area contributed by atoms with E-state index in [2.05, 4.69) is 0 Å². The summed E-state index contributed by atoms with van der Waals surface area (Å²) in [6.45, 7) is 3.22. The van der Waals surface area contributed by atoms with Gasteiger partial charge in [0.05, 0.1) is 26.2 Å². The van der Waals surface area contributed by atoms with Gasteiger partial charge in [-0.25, -0.2) is 0 Å². The Labute approximate surface area is 136 Å². The summed E-state index contributed by atoms with van der Waals surface area (Å²) in [6, 6.07) is 7.67. The van der Waals surface area contributed by atoms with Gasteiger partial charge in [-0.3, -0.25) is 9.59 Å². The molecule has 0 aliphatic carbocycles. The number of benzene rings is 1. The summed E-state index contributed by atoms with van der Waals surface area (Å²) >= 11 is 0. The molecule has 0 bridgehead atoms. The first-order valence-corrected chi connectivity index (χ1v) is 7.75. The number of ether oxygens (including phenoxy) is 2. The highest BCUT2D eigenvalue weighted by atomic mass is 16.5. The lowest BCUT2D eigenvalue weighted by atomic mass is 9.96.